The van der Waals surface area contributed by atoms with Gasteiger partial charge in [-0.15, -0.1) is 0 Å². The Hall–Kier alpha value is -5.56. The summed E-state index contributed by atoms with van der Waals surface area (Å²) in [6.45, 7) is 1.32. The van der Waals surface area contributed by atoms with Gasteiger partial charge in [0.25, 0.3) is 5.91 Å². The minimum absolute atomic E-state index is 0.0135. The second-order valence-corrected chi connectivity index (χ2v) is 17.9. The maximum Gasteiger partial charge on any atom is 0.286 e. The summed E-state index contributed by atoms with van der Waals surface area (Å²) < 4.78 is 3.25. The van der Waals surface area contributed by atoms with Crippen LogP contribution in [0.1, 0.15) is 28.7 Å². The van der Waals surface area contributed by atoms with Crippen LogP contribution in [0.25, 0.3) is 24.3 Å². The number of aliphatic carboxylic acids is 2. The number of aromatic nitrogens is 2. The molecule has 2 aromatic carbocycles. The molecule has 326 valence electrons. The fourth-order valence-corrected chi connectivity index (χ4v) is 9.33. The Bertz CT molecular complexity index is 2030. The molecule has 0 radical (unpaired) electrons. The first kappa shape index (κ1) is 46.0. The zero-order chi connectivity index (χ0) is 44.2. The molecule has 0 saturated carbocycles. The number of pyridine rings is 2. The van der Waals surface area contributed by atoms with E-state index in [0.717, 1.165) is 55.2 Å². The molecule has 2 aliphatic rings. The number of amides is 1. The number of nitrogens with zero attached hydrogens (tertiary/aromatic N) is 4. The van der Waals surface area contributed by atoms with Crippen molar-refractivity contribution in [3.63, 3.8) is 0 Å². The zero-order valence-electron chi connectivity index (χ0n) is 33.7. The van der Waals surface area contributed by atoms with E-state index in [-0.39, 0.29) is 36.8 Å². The molecule has 4 heterocycles. The minimum atomic E-state index is -1.48. The van der Waals surface area contributed by atoms with Crippen LogP contribution < -0.4 is 34.5 Å². The van der Waals surface area contributed by atoms with Crippen molar-refractivity contribution in [2.24, 2.45) is 5.92 Å². The number of hydrogen-bond donors (Lipinski definition) is 5. The number of carboxylic acid groups (broad SMARTS) is 2. The van der Waals surface area contributed by atoms with Gasteiger partial charge in [0, 0.05) is 91.6 Å². The van der Waals surface area contributed by atoms with Crippen molar-refractivity contribution in [2.45, 2.75) is 50.0 Å². The maximum atomic E-state index is 12.8. The third kappa shape index (κ3) is 13.5. The normalized spacial score (nSPS) is 19.9. The highest BCUT2D eigenvalue weighted by Gasteiger charge is 2.30. The lowest BCUT2D eigenvalue weighted by atomic mass is 10.0. The van der Waals surface area contributed by atoms with Gasteiger partial charge in [0.15, 0.2) is 30.6 Å². The summed E-state index contributed by atoms with van der Waals surface area (Å²) in [5, 5.41) is 65.4. The van der Waals surface area contributed by atoms with E-state index in [1.165, 1.54) is 0 Å². The predicted molar refractivity (Wildman–Crippen MR) is 232 cm³/mol. The van der Waals surface area contributed by atoms with Gasteiger partial charge >= 0.3 is 0 Å². The van der Waals surface area contributed by atoms with Crippen LogP contribution in [-0.4, -0.2) is 112 Å². The van der Waals surface area contributed by atoms with Gasteiger partial charge in [-0.3, -0.25) is 9.59 Å². The van der Waals surface area contributed by atoms with E-state index in [4.69, 9.17) is 0 Å². The van der Waals surface area contributed by atoms with Crippen LogP contribution in [0, 0.1) is 5.92 Å². The molecule has 0 bridgehead atoms. The number of hydrogen-bond acceptors (Lipinski definition) is 14. The van der Waals surface area contributed by atoms with Gasteiger partial charge in [0.2, 0.25) is 13.1 Å². The lowest BCUT2D eigenvalue weighted by Crippen LogP contribution is -2.52. The molecule has 5 N–H and O–H groups in total. The van der Waals surface area contributed by atoms with Crippen molar-refractivity contribution >= 4 is 80.9 Å². The average Bonchev–Trinajstić information content (AvgIpc) is 3.78. The van der Waals surface area contributed by atoms with E-state index in [2.05, 4.69) is 5.32 Å². The smallest absolute Gasteiger partial charge is 0.286 e. The van der Waals surface area contributed by atoms with Crippen molar-refractivity contribution in [1.29, 1.82) is 0 Å². The van der Waals surface area contributed by atoms with Crippen LogP contribution in [0.5, 0.6) is 0 Å². The van der Waals surface area contributed by atoms with Crippen molar-refractivity contribution in [3.05, 3.63) is 120 Å². The number of rotatable bonds is 20. The zero-order valence-corrected chi connectivity index (χ0v) is 35.4. The number of β-amino-alcohol motifs (C(OH)–C–C–N with tert-alkyl or cyclic N) is 4. The summed E-state index contributed by atoms with van der Waals surface area (Å²) in [7, 11) is 2.12. The number of aliphatic hydroxyl groups excluding tert-OH is 4. The molecule has 4 aromatic rings. The number of nitrogens with one attached hydrogen (secondary N) is 1. The Morgan fingerprint density at radius 2 is 0.984 bits per heavy atom. The number of aliphatic hydroxyl groups is 4. The van der Waals surface area contributed by atoms with Crippen LogP contribution in [0.2, 0.25) is 0 Å². The molecule has 2 saturated heterocycles. The first-order chi connectivity index (χ1) is 29.8. The largest absolute Gasteiger partial charge is 0.550 e. The van der Waals surface area contributed by atoms with Gasteiger partial charge in [-0.2, -0.15) is 9.13 Å². The van der Waals surface area contributed by atoms with Crippen molar-refractivity contribution in [1.82, 2.24) is 5.32 Å². The quantitative estimate of drug-likeness (QED) is 0.0423. The van der Waals surface area contributed by atoms with E-state index in [0.29, 0.717) is 26.2 Å². The summed E-state index contributed by atoms with van der Waals surface area (Å²) in [5.41, 5.74) is 5.48. The number of ketones is 1. The Morgan fingerprint density at radius 1 is 0.597 bits per heavy atom. The Morgan fingerprint density at radius 3 is 1.39 bits per heavy atom. The second-order valence-electron chi connectivity index (χ2n) is 15.3. The van der Waals surface area contributed by atoms with E-state index in [1.54, 1.807) is 46.1 Å². The minimum Gasteiger partial charge on any atom is -0.550 e. The van der Waals surface area contributed by atoms with Gasteiger partial charge in [-0.05, 0) is 46.5 Å². The van der Waals surface area contributed by atoms with Gasteiger partial charge in [-0.1, -0.05) is 70.2 Å². The molecule has 6 unspecified atom stereocenters. The highest BCUT2D eigenvalue weighted by atomic mass is 33.1. The number of carboxylic acids is 2. The van der Waals surface area contributed by atoms with Crippen molar-refractivity contribution in [2.75, 3.05) is 47.5 Å². The van der Waals surface area contributed by atoms with Crippen LogP contribution in [0.3, 0.4) is 0 Å². The molecule has 6 atom stereocenters. The molecule has 2 aromatic heterocycles. The molecule has 0 spiro atoms. The second kappa shape index (κ2) is 22.0. The molecule has 17 heteroatoms. The number of carbonyl (C=O) groups excluding carboxylic acids is 4. The molecular weight excluding hydrogens is 835 g/mol. The first-order valence-electron chi connectivity index (χ1n) is 20.0. The van der Waals surface area contributed by atoms with E-state index in [1.807, 2.05) is 94.8 Å². The molecule has 6 rings (SSSR count). The Balaban J connectivity index is 0.889. The fraction of sp³-hybridized carbons (Fsp3) is 0.333. The van der Waals surface area contributed by atoms with Crippen LogP contribution in [-0.2, 0) is 32.3 Å². The number of carbonyl (C=O) groups is 4. The highest BCUT2D eigenvalue weighted by molar-refractivity contribution is 8.76. The fourth-order valence-electron chi connectivity index (χ4n) is 6.88. The summed E-state index contributed by atoms with van der Waals surface area (Å²) in [5.74, 6) is -4.95. The SMILES string of the molecule is O=C(CC(CSSCC(NC(=O)C[n+]1ccc(/C=C/c2ccc(N3CC(O)C(O)C3)cc2)cc1)C(=O)[O-])C(=O)[O-])C[n+]1ccc(/C=C/c2ccc(N3CC(O)C(O)C3)cc2)cc1. The number of anilines is 2. The lowest BCUT2D eigenvalue weighted by molar-refractivity contribution is -0.684. The number of benzene rings is 2. The van der Waals surface area contributed by atoms with Crippen LogP contribution in [0.4, 0.5) is 11.4 Å². The summed E-state index contributed by atoms with van der Waals surface area (Å²) >= 11 is 0. The Labute approximate surface area is 367 Å². The molecule has 1 amide bonds. The average molecular weight is 884 g/mol. The first-order valence-corrected chi connectivity index (χ1v) is 22.5. The van der Waals surface area contributed by atoms with Gasteiger partial charge < -0.3 is 55.3 Å². The molecule has 2 aliphatic heterocycles. The van der Waals surface area contributed by atoms with Crippen LogP contribution >= 0.6 is 21.6 Å². The molecule has 0 aliphatic carbocycles. The maximum absolute atomic E-state index is 12.8. The number of Topliss-reactive ketones (excluding diaryl/α,β-unsaturated/α-hetero) is 1. The van der Waals surface area contributed by atoms with Gasteiger partial charge in [-0.25, -0.2) is 0 Å². The monoisotopic (exact) mass is 883 g/mol. The Kier molecular flexibility index (Phi) is 16.3. The summed E-state index contributed by atoms with van der Waals surface area (Å²) in [4.78, 5) is 53.1. The lowest BCUT2D eigenvalue weighted by Gasteiger charge is -2.19. The predicted octanol–water partition coefficient (Wildman–Crippen LogP) is -0.672. The third-order valence-corrected chi connectivity index (χ3v) is 13.0. The van der Waals surface area contributed by atoms with Crippen LogP contribution in [0.15, 0.2) is 97.6 Å². The highest BCUT2D eigenvalue weighted by Crippen LogP contribution is 2.27. The van der Waals surface area contributed by atoms with E-state index in [9.17, 15) is 49.8 Å². The van der Waals surface area contributed by atoms with Crippen molar-refractivity contribution in [3.8, 4) is 0 Å². The molecule has 62 heavy (non-hydrogen) atoms. The molecule has 15 nitrogen and oxygen atoms in total. The topological polar surface area (TPSA) is 222 Å². The van der Waals surface area contributed by atoms with Gasteiger partial charge in [0.1, 0.15) is 0 Å². The van der Waals surface area contributed by atoms with E-state index >= 15 is 0 Å². The molecule has 2 fully saturated rings. The summed E-state index contributed by atoms with van der Waals surface area (Å²) in [6, 6.07) is 21.4. The van der Waals surface area contributed by atoms with E-state index < -0.39 is 54.2 Å². The molecular formula is C45H49N5O10S2. The summed E-state index contributed by atoms with van der Waals surface area (Å²) in [6.07, 6.45) is 11.2. The third-order valence-electron chi connectivity index (χ3n) is 10.5. The standard InChI is InChI=1S/C45H49N5O10S2/c51-37(22-47-17-13-32(14-18-47)3-1-30-5-9-35(10-6-30)49-23-39(52)40(53)24-49)21-34(44(57)58)28-61-62-29-38(45(59)60)46-43(56)27-48-19-15-33(16-20-48)4-2-31-7-11-36(12-8-31)50-25-41(54)42(55)26-50/h1-20,34,38-42,52-55H,21-29H2,(H-2,46,56,57,58,59,60). The van der Waals surface area contributed by atoms with Gasteiger partial charge in [0.05, 0.1) is 36.4 Å². The van der Waals surface area contributed by atoms with Crippen molar-refractivity contribution < 1.29 is 59.0 Å².